The van der Waals surface area contributed by atoms with Crippen LogP contribution in [-0.2, 0) is 17.8 Å². The smallest absolute Gasteiger partial charge is 0.157 e. The predicted molar refractivity (Wildman–Crippen MR) is 95.8 cm³/mol. The van der Waals surface area contributed by atoms with Crippen LogP contribution >= 0.6 is 0 Å². The average molecular weight is 334 g/mol. The first-order valence-electron chi connectivity index (χ1n) is 8.63. The van der Waals surface area contributed by atoms with Crippen LogP contribution in [-0.4, -0.2) is 33.0 Å². The van der Waals surface area contributed by atoms with Crippen LogP contribution in [0.5, 0.6) is 0 Å². The van der Waals surface area contributed by atoms with Crippen molar-refractivity contribution in [2.24, 2.45) is 0 Å². The minimum atomic E-state index is -0.119. The molecule has 5 nitrogen and oxygen atoms in total. The SMILES string of the molecule is Cc1cccc(Cn2cc(C3OCCN3Cc3ccccc3)nn2)c1. The molecule has 2 heterocycles. The van der Waals surface area contributed by atoms with E-state index in [0.29, 0.717) is 0 Å². The summed E-state index contributed by atoms with van der Waals surface area (Å²) in [7, 11) is 0. The zero-order chi connectivity index (χ0) is 17.1. The summed E-state index contributed by atoms with van der Waals surface area (Å²) in [5.41, 5.74) is 4.64. The van der Waals surface area contributed by atoms with Gasteiger partial charge in [-0.3, -0.25) is 4.90 Å². The maximum atomic E-state index is 5.92. The van der Waals surface area contributed by atoms with Crippen molar-refractivity contribution in [1.29, 1.82) is 0 Å². The molecule has 2 aromatic carbocycles. The van der Waals surface area contributed by atoms with Crippen molar-refractivity contribution in [3.8, 4) is 0 Å². The summed E-state index contributed by atoms with van der Waals surface area (Å²) in [5, 5.41) is 8.64. The Labute approximate surface area is 147 Å². The largest absolute Gasteiger partial charge is 0.356 e. The Bertz CT molecular complexity index is 830. The first-order valence-corrected chi connectivity index (χ1v) is 8.63. The number of aromatic nitrogens is 3. The highest BCUT2D eigenvalue weighted by atomic mass is 16.5. The van der Waals surface area contributed by atoms with Gasteiger partial charge in [0.2, 0.25) is 0 Å². The van der Waals surface area contributed by atoms with E-state index in [9.17, 15) is 0 Å². The normalized spacial score (nSPS) is 17.9. The molecule has 1 aliphatic heterocycles. The van der Waals surface area contributed by atoms with E-state index in [1.165, 1.54) is 16.7 Å². The van der Waals surface area contributed by atoms with E-state index in [1.807, 2.05) is 16.9 Å². The monoisotopic (exact) mass is 334 g/mol. The van der Waals surface area contributed by atoms with Gasteiger partial charge in [-0.2, -0.15) is 0 Å². The van der Waals surface area contributed by atoms with Gasteiger partial charge in [-0.25, -0.2) is 4.68 Å². The molecule has 1 aromatic heterocycles. The Morgan fingerprint density at radius 2 is 1.88 bits per heavy atom. The van der Waals surface area contributed by atoms with Crippen LogP contribution in [0.15, 0.2) is 60.8 Å². The lowest BCUT2D eigenvalue weighted by molar-refractivity contribution is 0.0252. The maximum Gasteiger partial charge on any atom is 0.157 e. The van der Waals surface area contributed by atoms with E-state index < -0.39 is 0 Å². The highest BCUT2D eigenvalue weighted by molar-refractivity contribution is 5.22. The molecule has 0 spiro atoms. The first-order chi connectivity index (χ1) is 12.3. The summed E-state index contributed by atoms with van der Waals surface area (Å²) >= 11 is 0. The number of hydrogen-bond acceptors (Lipinski definition) is 4. The highest BCUT2D eigenvalue weighted by Crippen LogP contribution is 2.27. The molecule has 1 fully saturated rings. The summed E-state index contributed by atoms with van der Waals surface area (Å²) in [5.74, 6) is 0. The van der Waals surface area contributed by atoms with Crippen LogP contribution in [0.3, 0.4) is 0 Å². The lowest BCUT2D eigenvalue weighted by atomic mass is 10.1. The minimum Gasteiger partial charge on any atom is -0.356 e. The summed E-state index contributed by atoms with van der Waals surface area (Å²) in [6.07, 6.45) is 1.88. The quantitative estimate of drug-likeness (QED) is 0.719. The van der Waals surface area contributed by atoms with Crippen molar-refractivity contribution in [1.82, 2.24) is 19.9 Å². The van der Waals surface area contributed by atoms with Crippen LogP contribution in [0.25, 0.3) is 0 Å². The zero-order valence-electron chi connectivity index (χ0n) is 14.4. The van der Waals surface area contributed by atoms with Gasteiger partial charge in [-0.15, -0.1) is 5.10 Å². The molecule has 0 radical (unpaired) electrons. The number of aryl methyl sites for hydroxylation is 1. The summed E-state index contributed by atoms with van der Waals surface area (Å²) in [6.45, 7) is 5.31. The van der Waals surface area contributed by atoms with Crippen LogP contribution < -0.4 is 0 Å². The van der Waals surface area contributed by atoms with Gasteiger partial charge in [-0.1, -0.05) is 65.4 Å². The van der Waals surface area contributed by atoms with E-state index >= 15 is 0 Å². The number of ether oxygens (including phenoxy) is 1. The molecule has 0 saturated carbocycles. The molecule has 3 aromatic rings. The van der Waals surface area contributed by atoms with E-state index in [2.05, 4.69) is 70.7 Å². The van der Waals surface area contributed by atoms with Crippen LogP contribution in [0.1, 0.15) is 28.6 Å². The van der Waals surface area contributed by atoms with E-state index in [1.54, 1.807) is 0 Å². The molecule has 0 N–H and O–H groups in total. The lowest BCUT2D eigenvalue weighted by Gasteiger charge is -2.20. The number of benzene rings is 2. The van der Waals surface area contributed by atoms with E-state index in [4.69, 9.17) is 4.74 Å². The maximum absolute atomic E-state index is 5.92. The molecule has 1 atom stereocenters. The molecule has 5 heteroatoms. The third-order valence-corrected chi connectivity index (χ3v) is 4.45. The first kappa shape index (κ1) is 16.0. The lowest BCUT2D eigenvalue weighted by Crippen LogP contribution is -2.23. The minimum absolute atomic E-state index is 0.119. The van der Waals surface area contributed by atoms with Crippen molar-refractivity contribution in [2.45, 2.75) is 26.2 Å². The van der Waals surface area contributed by atoms with Gasteiger partial charge in [0, 0.05) is 13.1 Å². The topological polar surface area (TPSA) is 43.2 Å². The molecular weight excluding hydrogens is 312 g/mol. The van der Waals surface area contributed by atoms with Gasteiger partial charge in [-0.05, 0) is 18.1 Å². The average Bonchev–Trinajstić information content (AvgIpc) is 3.25. The van der Waals surface area contributed by atoms with Crippen molar-refractivity contribution in [3.63, 3.8) is 0 Å². The van der Waals surface area contributed by atoms with Gasteiger partial charge in [0.1, 0.15) is 5.69 Å². The molecule has 1 unspecified atom stereocenters. The standard InChI is InChI=1S/C20H22N4O/c1-16-6-5-9-18(12-16)14-24-15-19(21-22-24)20-23(10-11-25-20)13-17-7-3-2-4-8-17/h2-9,12,15,20H,10-11,13-14H2,1H3. The van der Waals surface area contributed by atoms with Crippen LogP contribution in [0.4, 0.5) is 0 Å². The number of rotatable bonds is 5. The molecular formula is C20H22N4O. The van der Waals surface area contributed by atoms with E-state index in [-0.39, 0.29) is 6.23 Å². The van der Waals surface area contributed by atoms with Crippen LogP contribution in [0.2, 0.25) is 0 Å². The zero-order valence-corrected chi connectivity index (χ0v) is 14.4. The highest BCUT2D eigenvalue weighted by Gasteiger charge is 2.29. The van der Waals surface area contributed by atoms with Crippen molar-refractivity contribution >= 4 is 0 Å². The molecule has 4 rings (SSSR count). The fourth-order valence-electron chi connectivity index (χ4n) is 3.26. The Hall–Kier alpha value is -2.50. The van der Waals surface area contributed by atoms with Gasteiger partial charge < -0.3 is 4.74 Å². The van der Waals surface area contributed by atoms with Gasteiger partial charge in [0.25, 0.3) is 0 Å². The second-order valence-electron chi connectivity index (χ2n) is 6.51. The molecule has 0 amide bonds. The third kappa shape index (κ3) is 3.78. The van der Waals surface area contributed by atoms with Crippen molar-refractivity contribution < 1.29 is 4.74 Å². The van der Waals surface area contributed by atoms with Crippen LogP contribution in [0, 0.1) is 6.92 Å². The molecule has 1 aliphatic rings. The molecule has 0 bridgehead atoms. The Balaban J connectivity index is 1.47. The number of nitrogens with zero attached hydrogens (tertiary/aromatic N) is 4. The summed E-state index contributed by atoms with van der Waals surface area (Å²) in [4.78, 5) is 2.30. The van der Waals surface area contributed by atoms with Crippen molar-refractivity contribution in [3.05, 3.63) is 83.2 Å². The Morgan fingerprint density at radius 1 is 1.04 bits per heavy atom. The van der Waals surface area contributed by atoms with E-state index in [0.717, 1.165) is 31.9 Å². The third-order valence-electron chi connectivity index (χ3n) is 4.45. The second-order valence-corrected chi connectivity index (χ2v) is 6.51. The number of hydrogen-bond donors (Lipinski definition) is 0. The molecule has 128 valence electrons. The molecule has 25 heavy (non-hydrogen) atoms. The molecule has 0 aliphatic carbocycles. The van der Waals surface area contributed by atoms with Gasteiger partial charge >= 0.3 is 0 Å². The second kappa shape index (κ2) is 7.17. The summed E-state index contributed by atoms with van der Waals surface area (Å²) in [6, 6.07) is 18.9. The Kier molecular flexibility index (Phi) is 4.59. The Morgan fingerprint density at radius 3 is 2.72 bits per heavy atom. The summed E-state index contributed by atoms with van der Waals surface area (Å²) < 4.78 is 7.80. The van der Waals surface area contributed by atoms with Gasteiger partial charge in [0.05, 0.1) is 19.3 Å². The van der Waals surface area contributed by atoms with Crippen molar-refractivity contribution in [2.75, 3.05) is 13.2 Å². The fourth-order valence-corrected chi connectivity index (χ4v) is 3.26. The fraction of sp³-hybridized carbons (Fsp3) is 0.300. The van der Waals surface area contributed by atoms with Gasteiger partial charge in [0.15, 0.2) is 6.23 Å². The predicted octanol–water partition coefficient (Wildman–Crippen LogP) is 3.17. The molecule has 1 saturated heterocycles.